The van der Waals surface area contributed by atoms with Gasteiger partial charge >= 0.3 is 5.97 Å². The molecule has 1 N–H and O–H groups in total. The van der Waals surface area contributed by atoms with Gasteiger partial charge in [0.25, 0.3) is 0 Å². The summed E-state index contributed by atoms with van der Waals surface area (Å²) in [4.78, 5) is 35.7. The third-order valence-electron chi connectivity index (χ3n) is 2.63. The molecule has 0 aromatic carbocycles. The normalized spacial score (nSPS) is 21.1. The first-order valence-corrected chi connectivity index (χ1v) is 5.71. The maximum absolute atomic E-state index is 12.0. The zero-order valence-corrected chi connectivity index (χ0v) is 10.8. The van der Waals surface area contributed by atoms with Crippen LogP contribution in [0.1, 0.15) is 13.8 Å². The predicted octanol–water partition coefficient (Wildman–Crippen LogP) is -1.09. The minimum Gasteiger partial charge on any atom is -0.467 e. The van der Waals surface area contributed by atoms with Gasteiger partial charge in [-0.2, -0.15) is 0 Å². The van der Waals surface area contributed by atoms with E-state index in [1.54, 1.807) is 6.92 Å². The lowest BCUT2D eigenvalue weighted by Crippen LogP contribution is -2.54. The summed E-state index contributed by atoms with van der Waals surface area (Å²) in [5.74, 6) is -1.00. The Morgan fingerprint density at radius 3 is 2.67 bits per heavy atom. The molecule has 0 aliphatic carbocycles. The fourth-order valence-electron chi connectivity index (χ4n) is 1.76. The van der Waals surface area contributed by atoms with Crippen molar-refractivity contribution in [2.24, 2.45) is 0 Å². The van der Waals surface area contributed by atoms with E-state index in [2.05, 4.69) is 10.1 Å². The zero-order chi connectivity index (χ0) is 13.7. The molecule has 1 saturated heterocycles. The molecule has 0 spiro atoms. The van der Waals surface area contributed by atoms with Crippen LogP contribution >= 0.6 is 0 Å². The number of ether oxygens (including phenoxy) is 2. The molecule has 1 fully saturated rings. The highest BCUT2D eigenvalue weighted by atomic mass is 16.6. The second kappa shape index (κ2) is 6.34. The molecule has 0 saturated carbocycles. The summed E-state index contributed by atoms with van der Waals surface area (Å²) in [6.45, 7) is 3.77. The lowest BCUT2D eigenvalue weighted by Gasteiger charge is -2.33. The van der Waals surface area contributed by atoms with Crippen molar-refractivity contribution >= 4 is 17.8 Å². The lowest BCUT2D eigenvalue weighted by molar-refractivity contribution is -0.163. The van der Waals surface area contributed by atoms with E-state index < -0.39 is 18.1 Å². The van der Waals surface area contributed by atoms with Crippen LogP contribution in [-0.4, -0.2) is 61.6 Å². The number of rotatable bonds is 3. The topological polar surface area (TPSA) is 84.9 Å². The summed E-state index contributed by atoms with van der Waals surface area (Å²) in [5, 5.41) is 2.51. The van der Waals surface area contributed by atoms with E-state index in [4.69, 9.17) is 4.74 Å². The van der Waals surface area contributed by atoms with Crippen LogP contribution in [-0.2, 0) is 23.9 Å². The maximum Gasteiger partial charge on any atom is 0.336 e. The van der Waals surface area contributed by atoms with Crippen molar-refractivity contribution in [1.82, 2.24) is 10.2 Å². The van der Waals surface area contributed by atoms with Gasteiger partial charge in [0.2, 0.25) is 11.8 Å². The fourth-order valence-corrected chi connectivity index (χ4v) is 1.76. The molecule has 0 radical (unpaired) electrons. The number of carbonyl (C=O) groups is 3. The Hall–Kier alpha value is -1.63. The highest BCUT2D eigenvalue weighted by Crippen LogP contribution is 2.08. The van der Waals surface area contributed by atoms with Crippen LogP contribution in [0.3, 0.4) is 0 Å². The predicted molar refractivity (Wildman–Crippen MR) is 61.6 cm³/mol. The molecule has 2 atom stereocenters. The van der Waals surface area contributed by atoms with Crippen molar-refractivity contribution in [2.45, 2.75) is 26.0 Å². The molecule has 0 aromatic rings. The van der Waals surface area contributed by atoms with Crippen LogP contribution in [0.25, 0.3) is 0 Å². The van der Waals surface area contributed by atoms with Crippen LogP contribution in [0.5, 0.6) is 0 Å². The zero-order valence-electron chi connectivity index (χ0n) is 10.8. The molecule has 2 amide bonds. The second-order valence-corrected chi connectivity index (χ2v) is 4.09. The summed E-state index contributed by atoms with van der Waals surface area (Å²) in [6, 6.07) is -0.612. The third-order valence-corrected chi connectivity index (χ3v) is 2.63. The van der Waals surface area contributed by atoms with E-state index in [-0.39, 0.29) is 25.0 Å². The number of carbonyl (C=O) groups excluding carboxylic acids is 3. The number of amides is 2. The number of hydrogen-bond acceptors (Lipinski definition) is 5. The van der Waals surface area contributed by atoms with Gasteiger partial charge in [-0.1, -0.05) is 0 Å². The summed E-state index contributed by atoms with van der Waals surface area (Å²) < 4.78 is 9.79. The van der Waals surface area contributed by atoms with Crippen LogP contribution in [0, 0.1) is 0 Å². The summed E-state index contributed by atoms with van der Waals surface area (Å²) in [7, 11) is 1.27. The summed E-state index contributed by atoms with van der Waals surface area (Å²) >= 11 is 0. The average Bonchev–Trinajstić information content (AvgIpc) is 2.36. The van der Waals surface area contributed by atoms with Crippen LogP contribution < -0.4 is 5.32 Å². The lowest BCUT2D eigenvalue weighted by atomic mass is 10.2. The second-order valence-electron chi connectivity index (χ2n) is 4.09. The van der Waals surface area contributed by atoms with Gasteiger partial charge in [0.1, 0.15) is 6.04 Å². The maximum atomic E-state index is 12.0. The van der Waals surface area contributed by atoms with Gasteiger partial charge < -0.3 is 19.7 Å². The molecule has 7 heteroatoms. The first kappa shape index (κ1) is 14.4. The van der Waals surface area contributed by atoms with Crippen molar-refractivity contribution in [1.29, 1.82) is 0 Å². The van der Waals surface area contributed by atoms with Gasteiger partial charge in [-0.25, -0.2) is 4.79 Å². The molecule has 102 valence electrons. The molecular formula is C11H18N2O5. The molecule has 1 aliphatic rings. The molecule has 1 heterocycles. The largest absolute Gasteiger partial charge is 0.467 e. The minimum absolute atomic E-state index is 0.148. The first-order chi connectivity index (χ1) is 8.45. The molecule has 7 nitrogen and oxygen atoms in total. The molecule has 0 aromatic heterocycles. The van der Waals surface area contributed by atoms with Crippen LogP contribution in [0.4, 0.5) is 0 Å². The summed E-state index contributed by atoms with van der Waals surface area (Å²) in [5.41, 5.74) is 0. The average molecular weight is 258 g/mol. The van der Waals surface area contributed by atoms with Crippen molar-refractivity contribution in [3.05, 3.63) is 0 Å². The molecule has 18 heavy (non-hydrogen) atoms. The molecule has 1 rings (SSSR count). The third kappa shape index (κ3) is 3.69. The highest BCUT2D eigenvalue weighted by molar-refractivity contribution is 5.87. The van der Waals surface area contributed by atoms with Gasteiger partial charge in [-0.15, -0.1) is 0 Å². The van der Waals surface area contributed by atoms with Crippen molar-refractivity contribution in [3.8, 4) is 0 Å². The van der Waals surface area contributed by atoms with Gasteiger partial charge in [0.05, 0.1) is 20.3 Å². The number of nitrogens with one attached hydrogen (secondary N) is 1. The Kier molecular flexibility index (Phi) is 5.08. The van der Waals surface area contributed by atoms with Gasteiger partial charge in [0.15, 0.2) is 6.10 Å². The Morgan fingerprint density at radius 2 is 2.11 bits per heavy atom. The monoisotopic (exact) mass is 258 g/mol. The number of esters is 1. The van der Waals surface area contributed by atoms with Gasteiger partial charge in [-0.3, -0.25) is 9.59 Å². The number of morpholine rings is 1. The van der Waals surface area contributed by atoms with E-state index in [1.165, 1.54) is 18.9 Å². The molecular weight excluding hydrogens is 240 g/mol. The van der Waals surface area contributed by atoms with Gasteiger partial charge in [-0.05, 0) is 6.92 Å². The van der Waals surface area contributed by atoms with Crippen molar-refractivity contribution < 1.29 is 23.9 Å². The molecule has 1 aliphatic heterocycles. The number of nitrogens with zero attached hydrogens (tertiary/aromatic N) is 1. The fraction of sp³-hybridized carbons (Fsp3) is 0.727. The van der Waals surface area contributed by atoms with Crippen LogP contribution in [0.15, 0.2) is 0 Å². The van der Waals surface area contributed by atoms with E-state index in [0.29, 0.717) is 6.54 Å². The Morgan fingerprint density at radius 1 is 1.44 bits per heavy atom. The number of methoxy groups -OCH3 is 1. The van der Waals surface area contributed by atoms with E-state index in [1.807, 2.05) is 0 Å². The smallest absolute Gasteiger partial charge is 0.336 e. The number of hydrogen-bond donors (Lipinski definition) is 1. The molecule has 0 bridgehead atoms. The van der Waals surface area contributed by atoms with E-state index in [0.717, 1.165) is 0 Å². The Labute approximate surface area is 105 Å². The van der Waals surface area contributed by atoms with E-state index >= 15 is 0 Å². The quantitative estimate of drug-likeness (QED) is 0.650. The summed E-state index contributed by atoms with van der Waals surface area (Å²) in [6.07, 6.45) is -0.753. The van der Waals surface area contributed by atoms with Gasteiger partial charge in [0, 0.05) is 13.5 Å². The first-order valence-electron chi connectivity index (χ1n) is 5.71. The molecule has 2 unspecified atom stereocenters. The SMILES string of the molecule is COC(=O)C1CN(C(=O)C(C)NC(C)=O)CCO1. The minimum atomic E-state index is -0.753. The highest BCUT2D eigenvalue weighted by Gasteiger charge is 2.31. The van der Waals surface area contributed by atoms with Crippen LogP contribution in [0.2, 0.25) is 0 Å². The van der Waals surface area contributed by atoms with E-state index in [9.17, 15) is 14.4 Å². The van der Waals surface area contributed by atoms with Crippen molar-refractivity contribution in [3.63, 3.8) is 0 Å². The Bertz CT molecular complexity index is 344. The standard InChI is InChI=1S/C11H18N2O5/c1-7(12-8(2)14)10(15)13-4-5-18-9(6-13)11(16)17-3/h7,9H,4-6H2,1-3H3,(H,12,14). The Balaban J connectivity index is 2.58. The van der Waals surface area contributed by atoms with Crippen molar-refractivity contribution in [2.75, 3.05) is 26.8 Å².